The first-order chi connectivity index (χ1) is 28.8. The van der Waals surface area contributed by atoms with Crippen molar-refractivity contribution in [3.63, 3.8) is 0 Å². The van der Waals surface area contributed by atoms with Gasteiger partial charge in [0.2, 0.25) is 0 Å². The van der Waals surface area contributed by atoms with E-state index in [0.29, 0.717) is 5.82 Å². The van der Waals surface area contributed by atoms with Crippen molar-refractivity contribution < 1.29 is 4.42 Å². The van der Waals surface area contributed by atoms with Crippen LogP contribution in [0.25, 0.3) is 116 Å². The van der Waals surface area contributed by atoms with Crippen LogP contribution >= 0.6 is 0 Å². The minimum atomic E-state index is 0.651. The van der Waals surface area contributed by atoms with E-state index in [9.17, 15) is 0 Å². The fourth-order valence-corrected chi connectivity index (χ4v) is 9.00. The summed E-state index contributed by atoms with van der Waals surface area (Å²) in [6.45, 7) is 0. The van der Waals surface area contributed by atoms with E-state index in [0.717, 1.165) is 94.0 Å². The Hall–Kier alpha value is -7.89. The molecule has 5 heteroatoms. The van der Waals surface area contributed by atoms with Gasteiger partial charge in [-0.05, 0) is 80.0 Å². The van der Waals surface area contributed by atoms with Gasteiger partial charge < -0.3 is 4.42 Å². The number of rotatable bonds is 5. The molecule has 12 rings (SSSR count). The Labute approximate surface area is 333 Å². The number of benzene rings is 9. The summed E-state index contributed by atoms with van der Waals surface area (Å²) in [5.41, 5.74) is 11.0. The average molecular weight is 741 g/mol. The molecule has 0 N–H and O–H groups in total. The number of hydrogen-bond donors (Lipinski definition) is 0. The summed E-state index contributed by atoms with van der Waals surface area (Å²) < 4.78 is 9.03. The van der Waals surface area contributed by atoms with Crippen LogP contribution < -0.4 is 0 Å². The molecule has 0 bridgehead atoms. The topological polar surface area (TPSA) is 56.7 Å². The van der Waals surface area contributed by atoms with Crippen LogP contribution in [0.2, 0.25) is 0 Å². The second-order valence-corrected chi connectivity index (χ2v) is 14.7. The van der Waals surface area contributed by atoms with Gasteiger partial charge in [-0.3, -0.25) is 4.57 Å². The number of aromatic nitrogens is 4. The molecule has 0 spiro atoms. The maximum absolute atomic E-state index is 6.85. The third-order valence-corrected chi connectivity index (χ3v) is 11.5. The molecular formula is C53H32N4O. The van der Waals surface area contributed by atoms with Crippen molar-refractivity contribution in [3.8, 4) is 50.7 Å². The highest BCUT2D eigenvalue weighted by Gasteiger charge is 2.22. The Morgan fingerprint density at radius 3 is 1.74 bits per heavy atom. The SMILES string of the molecule is c1ccc(-c2cccc3oc4c(-c5ccc(-c6ncc(-c7nc8ccccc8n7-c7ccccc7)cn6)c6c7ccccc7c7ccccc7c56)cccc4c23)cc1. The van der Waals surface area contributed by atoms with Crippen molar-refractivity contribution in [2.24, 2.45) is 0 Å². The van der Waals surface area contributed by atoms with E-state index in [4.69, 9.17) is 19.4 Å². The van der Waals surface area contributed by atoms with Gasteiger partial charge >= 0.3 is 0 Å². The van der Waals surface area contributed by atoms with Crippen molar-refractivity contribution in [2.45, 2.75) is 0 Å². The lowest BCUT2D eigenvalue weighted by Gasteiger charge is -2.17. The van der Waals surface area contributed by atoms with E-state index in [-0.39, 0.29) is 0 Å². The van der Waals surface area contributed by atoms with Gasteiger partial charge in [0.05, 0.1) is 16.6 Å². The number of fused-ring (bicyclic) bond motifs is 10. The molecule has 12 aromatic rings. The molecule has 58 heavy (non-hydrogen) atoms. The third-order valence-electron chi connectivity index (χ3n) is 11.5. The summed E-state index contributed by atoms with van der Waals surface area (Å²) in [4.78, 5) is 15.3. The smallest absolute Gasteiger partial charge is 0.159 e. The second kappa shape index (κ2) is 12.8. The summed E-state index contributed by atoms with van der Waals surface area (Å²) >= 11 is 0. The lowest BCUT2D eigenvalue weighted by molar-refractivity contribution is 0.670. The van der Waals surface area contributed by atoms with E-state index in [2.05, 4.69) is 150 Å². The van der Waals surface area contributed by atoms with Crippen molar-refractivity contribution in [1.29, 1.82) is 0 Å². The number of imidazole rings is 1. The van der Waals surface area contributed by atoms with Gasteiger partial charge in [0.1, 0.15) is 17.0 Å². The molecule has 0 aliphatic heterocycles. The first kappa shape index (κ1) is 32.4. The lowest BCUT2D eigenvalue weighted by Crippen LogP contribution is -1.99. The Balaban J connectivity index is 1.10. The number of furan rings is 1. The summed E-state index contributed by atoms with van der Waals surface area (Å²) in [6, 6.07) is 63.8. The quantitative estimate of drug-likeness (QED) is 0.165. The van der Waals surface area contributed by atoms with Crippen LogP contribution in [0.15, 0.2) is 199 Å². The Bertz CT molecular complexity index is 3550. The maximum Gasteiger partial charge on any atom is 0.159 e. The highest BCUT2D eigenvalue weighted by atomic mass is 16.3. The summed E-state index contributed by atoms with van der Waals surface area (Å²) in [5.74, 6) is 1.45. The molecule has 0 radical (unpaired) electrons. The fraction of sp³-hybridized carbons (Fsp3) is 0. The van der Waals surface area contributed by atoms with E-state index >= 15 is 0 Å². The predicted molar refractivity (Wildman–Crippen MR) is 238 cm³/mol. The summed E-state index contributed by atoms with van der Waals surface area (Å²) in [7, 11) is 0. The predicted octanol–water partition coefficient (Wildman–Crippen LogP) is 13.8. The van der Waals surface area contributed by atoms with Crippen molar-refractivity contribution >= 4 is 65.3 Å². The summed E-state index contributed by atoms with van der Waals surface area (Å²) in [6.07, 6.45) is 3.82. The minimum absolute atomic E-state index is 0.651. The molecule has 0 saturated heterocycles. The molecule has 270 valence electrons. The van der Waals surface area contributed by atoms with E-state index in [1.165, 1.54) is 16.2 Å². The molecule has 0 unspecified atom stereocenters. The monoisotopic (exact) mass is 740 g/mol. The van der Waals surface area contributed by atoms with E-state index < -0.39 is 0 Å². The molecule has 3 heterocycles. The van der Waals surface area contributed by atoms with Crippen LogP contribution in [0, 0.1) is 0 Å². The first-order valence-corrected chi connectivity index (χ1v) is 19.5. The fourth-order valence-electron chi connectivity index (χ4n) is 9.00. The van der Waals surface area contributed by atoms with Crippen LogP contribution in [0.1, 0.15) is 0 Å². The molecule has 0 aliphatic rings. The second-order valence-electron chi connectivity index (χ2n) is 14.7. The molecule has 9 aromatic carbocycles. The molecule has 0 fully saturated rings. The number of para-hydroxylation sites is 4. The molecule has 0 amide bonds. The number of hydrogen-bond acceptors (Lipinski definition) is 4. The van der Waals surface area contributed by atoms with Crippen molar-refractivity contribution in [3.05, 3.63) is 194 Å². The van der Waals surface area contributed by atoms with E-state index in [1.54, 1.807) is 0 Å². The zero-order valence-corrected chi connectivity index (χ0v) is 31.2. The Morgan fingerprint density at radius 1 is 0.397 bits per heavy atom. The van der Waals surface area contributed by atoms with Crippen LogP contribution in [0.5, 0.6) is 0 Å². The molecule has 3 aromatic heterocycles. The van der Waals surface area contributed by atoms with Gasteiger partial charge in [0.25, 0.3) is 0 Å². The highest BCUT2D eigenvalue weighted by Crippen LogP contribution is 2.47. The van der Waals surface area contributed by atoms with Crippen molar-refractivity contribution in [1.82, 2.24) is 19.5 Å². The van der Waals surface area contributed by atoms with Crippen LogP contribution in [-0.4, -0.2) is 19.5 Å². The lowest BCUT2D eigenvalue weighted by atomic mass is 9.86. The highest BCUT2D eigenvalue weighted by molar-refractivity contribution is 6.32. The zero-order chi connectivity index (χ0) is 38.2. The Morgan fingerprint density at radius 2 is 0.983 bits per heavy atom. The van der Waals surface area contributed by atoms with Crippen LogP contribution in [-0.2, 0) is 0 Å². The van der Waals surface area contributed by atoms with Crippen LogP contribution in [0.4, 0.5) is 0 Å². The van der Waals surface area contributed by atoms with Gasteiger partial charge in [-0.2, -0.15) is 0 Å². The Kier molecular flexibility index (Phi) is 7.16. The summed E-state index contributed by atoms with van der Waals surface area (Å²) in [5, 5.41) is 9.16. The maximum atomic E-state index is 6.85. The zero-order valence-electron chi connectivity index (χ0n) is 31.2. The van der Waals surface area contributed by atoms with Gasteiger partial charge in [-0.25, -0.2) is 15.0 Å². The van der Waals surface area contributed by atoms with Gasteiger partial charge in [0, 0.05) is 45.4 Å². The standard InChI is InChI=1S/C53H32N4O/c1-3-15-33(16-4-1)36-23-14-28-47-48(36)43-25-13-24-42(51(43)58-47)41-29-30-44(50-40-22-10-8-20-38(40)37-19-7-9-21-39(37)49(41)50)52-54-31-34(32-55-52)53-56-45-26-11-12-27-46(45)57(53)35-17-5-2-6-18-35/h1-32H. The van der Waals surface area contributed by atoms with Gasteiger partial charge in [-0.15, -0.1) is 0 Å². The van der Waals surface area contributed by atoms with E-state index in [1.807, 2.05) is 48.8 Å². The van der Waals surface area contributed by atoms with Crippen molar-refractivity contribution in [2.75, 3.05) is 0 Å². The average Bonchev–Trinajstić information content (AvgIpc) is 3.89. The molecular weight excluding hydrogens is 709 g/mol. The molecule has 0 aliphatic carbocycles. The number of nitrogens with zero attached hydrogens (tertiary/aromatic N) is 4. The molecule has 0 atom stereocenters. The molecule has 5 nitrogen and oxygen atoms in total. The minimum Gasteiger partial charge on any atom is -0.455 e. The normalized spacial score (nSPS) is 11.8. The largest absolute Gasteiger partial charge is 0.455 e. The third kappa shape index (κ3) is 4.87. The van der Waals surface area contributed by atoms with Gasteiger partial charge in [-0.1, -0.05) is 146 Å². The first-order valence-electron chi connectivity index (χ1n) is 19.5. The van der Waals surface area contributed by atoms with Gasteiger partial charge in [0.15, 0.2) is 5.82 Å². The van der Waals surface area contributed by atoms with Crippen LogP contribution in [0.3, 0.4) is 0 Å². The molecule has 0 saturated carbocycles.